The highest BCUT2D eigenvalue weighted by Crippen LogP contribution is 2.26. The van der Waals surface area contributed by atoms with Crippen LogP contribution in [-0.4, -0.2) is 30.3 Å². The van der Waals surface area contributed by atoms with Gasteiger partial charge in [-0.25, -0.2) is 4.98 Å². The molecule has 0 radical (unpaired) electrons. The Morgan fingerprint density at radius 1 is 1.35 bits per heavy atom. The number of nitrogens with two attached hydrogens (primary N) is 1. The van der Waals surface area contributed by atoms with Gasteiger partial charge < -0.3 is 15.4 Å². The van der Waals surface area contributed by atoms with Crippen molar-refractivity contribution in [3.8, 4) is 0 Å². The predicted molar refractivity (Wildman–Crippen MR) is 81.9 cm³/mol. The zero-order chi connectivity index (χ0) is 14.1. The minimum absolute atomic E-state index is 0.237. The van der Waals surface area contributed by atoms with E-state index in [1.165, 1.54) is 0 Å². The number of morpholine rings is 1. The van der Waals surface area contributed by atoms with E-state index in [2.05, 4.69) is 30.9 Å². The van der Waals surface area contributed by atoms with Crippen LogP contribution in [0.1, 0.15) is 19.4 Å². The van der Waals surface area contributed by atoms with Gasteiger partial charge >= 0.3 is 0 Å². The number of para-hydroxylation sites is 1. The van der Waals surface area contributed by atoms with Crippen LogP contribution in [-0.2, 0) is 11.3 Å². The van der Waals surface area contributed by atoms with Gasteiger partial charge in [-0.15, -0.1) is 0 Å². The molecule has 20 heavy (non-hydrogen) atoms. The first-order valence-corrected chi connectivity index (χ1v) is 7.16. The van der Waals surface area contributed by atoms with Crippen molar-refractivity contribution in [2.24, 2.45) is 5.73 Å². The van der Waals surface area contributed by atoms with Crippen molar-refractivity contribution in [2.45, 2.75) is 32.5 Å². The van der Waals surface area contributed by atoms with E-state index in [4.69, 9.17) is 15.5 Å². The molecule has 3 rings (SSSR count). The number of pyridine rings is 1. The molecule has 2 aromatic rings. The number of fused-ring (bicyclic) bond motifs is 1. The second-order valence-electron chi connectivity index (χ2n) is 5.51. The topological polar surface area (TPSA) is 51.4 Å². The van der Waals surface area contributed by atoms with E-state index >= 15 is 0 Å². The van der Waals surface area contributed by atoms with Gasteiger partial charge in [0, 0.05) is 18.5 Å². The minimum atomic E-state index is 0.237. The zero-order valence-electron chi connectivity index (χ0n) is 12.0. The molecule has 0 aliphatic carbocycles. The molecule has 1 aromatic heterocycles. The fraction of sp³-hybridized carbons (Fsp3) is 0.438. The third-order valence-corrected chi connectivity index (χ3v) is 3.91. The van der Waals surface area contributed by atoms with Gasteiger partial charge in [0.2, 0.25) is 0 Å². The largest absolute Gasteiger partial charge is 0.375 e. The summed E-state index contributed by atoms with van der Waals surface area (Å²) in [6.45, 7) is 6.42. The molecule has 1 aliphatic heterocycles. The fourth-order valence-corrected chi connectivity index (χ4v) is 2.77. The molecule has 0 saturated carbocycles. The van der Waals surface area contributed by atoms with E-state index in [0.717, 1.165) is 35.4 Å². The first kappa shape index (κ1) is 13.3. The number of nitrogens with zero attached hydrogens (tertiary/aromatic N) is 2. The minimum Gasteiger partial charge on any atom is -0.375 e. The third kappa shape index (κ3) is 2.37. The zero-order valence-corrected chi connectivity index (χ0v) is 12.0. The third-order valence-electron chi connectivity index (χ3n) is 3.91. The number of rotatable bonds is 2. The number of anilines is 1. The summed E-state index contributed by atoms with van der Waals surface area (Å²) in [5, 5.41) is 1.15. The van der Waals surface area contributed by atoms with Crippen LogP contribution in [0.3, 0.4) is 0 Å². The van der Waals surface area contributed by atoms with Crippen molar-refractivity contribution in [1.82, 2.24) is 4.98 Å². The van der Waals surface area contributed by atoms with E-state index in [-0.39, 0.29) is 6.10 Å². The molecule has 1 aromatic carbocycles. The lowest BCUT2D eigenvalue weighted by Gasteiger charge is -2.38. The first-order chi connectivity index (χ1) is 9.69. The van der Waals surface area contributed by atoms with Crippen LogP contribution in [0.5, 0.6) is 0 Å². The molecule has 106 valence electrons. The Bertz CT molecular complexity index is 614. The Morgan fingerprint density at radius 2 is 2.15 bits per heavy atom. The Balaban J connectivity index is 2.07. The molecule has 2 unspecified atom stereocenters. The quantitative estimate of drug-likeness (QED) is 0.910. The van der Waals surface area contributed by atoms with Gasteiger partial charge in [-0.1, -0.05) is 18.2 Å². The molecular formula is C16H21N3O. The van der Waals surface area contributed by atoms with Crippen molar-refractivity contribution < 1.29 is 4.74 Å². The average Bonchev–Trinajstić information content (AvgIpc) is 2.48. The predicted octanol–water partition coefficient (Wildman–Crippen LogP) is 2.31. The van der Waals surface area contributed by atoms with Gasteiger partial charge in [0.15, 0.2) is 0 Å². The maximum atomic E-state index is 5.91. The SMILES string of the molecule is CC1CN(c2cc(CN)c3ccccc3n2)C(C)CO1. The molecule has 1 aliphatic rings. The van der Waals surface area contributed by atoms with Crippen LogP contribution in [0, 0.1) is 0 Å². The van der Waals surface area contributed by atoms with Crippen LogP contribution in [0.2, 0.25) is 0 Å². The monoisotopic (exact) mass is 271 g/mol. The molecule has 0 spiro atoms. The van der Waals surface area contributed by atoms with E-state index in [9.17, 15) is 0 Å². The Kier molecular flexibility index (Phi) is 3.59. The molecule has 0 bridgehead atoms. The lowest BCUT2D eigenvalue weighted by molar-refractivity contribution is 0.0340. The highest BCUT2D eigenvalue weighted by atomic mass is 16.5. The maximum absolute atomic E-state index is 5.91. The van der Waals surface area contributed by atoms with Crippen LogP contribution >= 0.6 is 0 Å². The van der Waals surface area contributed by atoms with Crippen molar-refractivity contribution in [1.29, 1.82) is 0 Å². The van der Waals surface area contributed by atoms with Gasteiger partial charge in [0.1, 0.15) is 5.82 Å². The highest BCUT2D eigenvalue weighted by Gasteiger charge is 2.25. The van der Waals surface area contributed by atoms with Gasteiger partial charge in [0.05, 0.1) is 24.3 Å². The van der Waals surface area contributed by atoms with Gasteiger partial charge in [-0.3, -0.25) is 0 Å². The standard InChI is InChI=1S/C16H21N3O/c1-11-10-20-12(2)9-19(11)16-7-13(8-17)14-5-3-4-6-15(14)18-16/h3-7,11-12H,8-10,17H2,1-2H3. The number of hydrogen-bond acceptors (Lipinski definition) is 4. The summed E-state index contributed by atoms with van der Waals surface area (Å²) >= 11 is 0. The van der Waals surface area contributed by atoms with E-state index < -0.39 is 0 Å². The molecule has 4 nitrogen and oxygen atoms in total. The average molecular weight is 271 g/mol. The van der Waals surface area contributed by atoms with E-state index in [1.54, 1.807) is 0 Å². The molecule has 1 saturated heterocycles. The molecular weight excluding hydrogens is 250 g/mol. The summed E-state index contributed by atoms with van der Waals surface area (Å²) in [5.74, 6) is 1.01. The number of benzene rings is 1. The van der Waals surface area contributed by atoms with Crippen LogP contribution in [0.25, 0.3) is 10.9 Å². The van der Waals surface area contributed by atoms with Crippen LogP contribution in [0.4, 0.5) is 5.82 Å². The van der Waals surface area contributed by atoms with Gasteiger partial charge in [-0.2, -0.15) is 0 Å². The number of aromatic nitrogens is 1. The van der Waals surface area contributed by atoms with Gasteiger partial charge in [0.25, 0.3) is 0 Å². The summed E-state index contributed by atoms with van der Waals surface area (Å²) in [5.41, 5.74) is 8.07. The summed E-state index contributed by atoms with van der Waals surface area (Å²) in [6, 6.07) is 10.6. The maximum Gasteiger partial charge on any atom is 0.129 e. The first-order valence-electron chi connectivity index (χ1n) is 7.16. The molecule has 1 fully saturated rings. The Morgan fingerprint density at radius 3 is 2.95 bits per heavy atom. The number of hydrogen-bond donors (Lipinski definition) is 1. The summed E-state index contributed by atoms with van der Waals surface area (Å²) in [4.78, 5) is 7.13. The van der Waals surface area contributed by atoms with Crippen molar-refractivity contribution in [3.05, 3.63) is 35.9 Å². The molecule has 4 heteroatoms. The second kappa shape index (κ2) is 5.38. The summed E-state index contributed by atoms with van der Waals surface area (Å²) < 4.78 is 5.69. The normalized spacial score (nSPS) is 23.2. The van der Waals surface area contributed by atoms with Crippen molar-refractivity contribution >= 4 is 16.7 Å². The molecule has 2 heterocycles. The van der Waals surface area contributed by atoms with Crippen LogP contribution < -0.4 is 10.6 Å². The molecule has 2 N–H and O–H groups in total. The van der Waals surface area contributed by atoms with E-state index in [0.29, 0.717) is 12.6 Å². The van der Waals surface area contributed by atoms with Crippen LogP contribution in [0.15, 0.2) is 30.3 Å². The van der Waals surface area contributed by atoms with Crippen molar-refractivity contribution in [3.63, 3.8) is 0 Å². The lowest BCUT2D eigenvalue weighted by Crippen LogP contribution is -2.47. The molecule has 2 atom stereocenters. The lowest BCUT2D eigenvalue weighted by atomic mass is 10.1. The Labute approximate surface area is 119 Å². The summed E-state index contributed by atoms with van der Waals surface area (Å²) in [6.07, 6.45) is 0.237. The number of ether oxygens (including phenoxy) is 1. The molecule has 0 amide bonds. The summed E-state index contributed by atoms with van der Waals surface area (Å²) in [7, 11) is 0. The fourth-order valence-electron chi connectivity index (χ4n) is 2.77. The van der Waals surface area contributed by atoms with Crippen molar-refractivity contribution in [2.75, 3.05) is 18.1 Å². The smallest absolute Gasteiger partial charge is 0.129 e. The van der Waals surface area contributed by atoms with Gasteiger partial charge in [-0.05, 0) is 31.5 Å². The van der Waals surface area contributed by atoms with E-state index in [1.807, 2.05) is 18.2 Å². The Hall–Kier alpha value is -1.65. The second-order valence-corrected chi connectivity index (χ2v) is 5.51. The highest BCUT2D eigenvalue weighted by molar-refractivity contribution is 5.84.